The van der Waals surface area contributed by atoms with Gasteiger partial charge in [-0.3, -0.25) is 9.59 Å². The van der Waals surface area contributed by atoms with Crippen LogP contribution < -0.4 is 20.3 Å². The highest BCUT2D eigenvalue weighted by Gasteiger charge is 2.31. The number of pyridine rings is 1. The summed E-state index contributed by atoms with van der Waals surface area (Å²) in [5, 5.41) is 5.08. The maximum absolute atomic E-state index is 12.4. The minimum atomic E-state index is -2.62. The number of aryl methyl sites for hydroxylation is 1. The van der Waals surface area contributed by atoms with Gasteiger partial charge in [0.1, 0.15) is 0 Å². The van der Waals surface area contributed by atoms with Crippen LogP contribution in [-0.2, 0) is 4.79 Å². The van der Waals surface area contributed by atoms with Crippen molar-refractivity contribution in [3.05, 3.63) is 47.7 Å². The van der Waals surface area contributed by atoms with Gasteiger partial charge in [-0.15, -0.1) is 0 Å². The molecule has 1 aliphatic rings. The maximum atomic E-state index is 12.4. The zero-order valence-corrected chi connectivity index (χ0v) is 14.7. The van der Waals surface area contributed by atoms with Crippen LogP contribution in [0.4, 0.5) is 25.0 Å². The lowest BCUT2D eigenvalue weighted by atomic mass is 10.1. The molecule has 0 saturated carbocycles. The number of nitrogens with one attached hydrogen (secondary N) is 2. The van der Waals surface area contributed by atoms with E-state index in [4.69, 9.17) is 4.74 Å². The van der Waals surface area contributed by atoms with Crippen molar-refractivity contribution in [1.82, 2.24) is 10.3 Å². The summed E-state index contributed by atoms with van der Waals surface area (Å²) in [6, 6.07) is 6.98. The fraction of sp³-hybridized carbons (Fsp3) is 0.222. The van der Waals surface area contributed by atoms with Crippen molar-refractivity contribution in [2.75, 3.05) is 23.4 Å². The van der Waals surface area contributed by atoms with Crippen LogP contribution in [-0.4, -0.2) is 42.4 Å². The van der Waals surface area contributed by atoms with Gasteiger partial charge in [0.05, 0.1) is 17.8 Å². The Kier molecular flexibility index (Phi) is 5.48. The molecule has 0 atom stereocenters. The van der Waals surface area contributed by atoms with E-state index < -0.39 is 25.0 Å². The van der Waals surface area contributed by atoms with Crippen LogP contribution in [0.5, 0.6) is 5.88 Å². The lowest BCUT2D eigenvalue weighted by Crippen LogP contribution is -2.31. The van der Waals surface area contributed by atoms with Gasteiger partial charge < -0.3 is 15.4 Å². The number of anilines is 2. The van der Waals surface area contributed by atoms with Crippen LogP contribution in [0.2, 0.25) is 0 Å². The second kappa shape index (κ2) is 7.99. The van der Waals surface area contributed by atoms with Crippen molar-refractivity contribution in [2.24, 2.45) is 0 Å². The lowest BCUT2D eigenvalue weighted by Gasteiger charge is -2.17. The highest BCUT2D eigenvalue weighted by Crippen LogP contribution is 2.26. The first-order valence-electron chi connectivity index (χ1n) is 8.25. The van der Waals surface area contributed by atoms with E-state index in [0.717, 1.165) is 4.90 Å². The number of carbonyl (C=O) groups is 3. The number of urea groups is 1. The number of rotatable bonds is 6. The monoisotopic (exact) mass is 390 g/mol. The number of amides is 4. The lowest BCUT2D eigenvalue weighted by molar-refractivity contribution is -0.115. The first-order chi connectivity index (χ1) is 13.3. The summed E-state index contributed by atoms with van der Waals surface area (Å²) in [4.78, 5) is 41.0. The molecule has 0 aliphatic carbocycles. The predicted octanol–water partition coefficient (Wildman–Crippen LogP) is 2.34. The van der Waals surface area contributed by atoms with Crippen LogP contribution in [0.15, 0.2) is 36.5 Å². The molecule has 0 radical (unpaired) electrons. The number of benzene rings is 1. The summed E-state index contributed by atoms with van der Waals surface area (Å²) in [6.07, 6.45) is -1.42. The van der Waals surface area contributed by atoms with Crippen molar-refractivity contribution in [1.29, 1.82) is 0 Å². The van der Waals surface area contributed by atoms with Crippen molar-refractivity contribution in [2.45, 2.75) is 13.3 Å². The SMILES string of the molecule is Cc1ccc(NC(=O)c2ccc(OCC(F)F)nc2)cc1N1C(=O)CNC1=O. The van der Waals surface area contributed by atoms with Crippen LogP contribution in [0.3, 0.4) is 0 Å². The molecule has 1 aliphatic heterocycles. The van der Waals surface area contributed by atoms with Gasteiger partial charge in [0.15, 0.2) is 6.61 Å². The molecule has 28 heavy (non-hydrogen) atoms. The van der Waals surface area contributed by atoms with E-state index in [9.17, 15) is 23.2 Å². The average molecular weight is 390 g/mol. The third kappa shape index (κ3) is 4.22. The van der Waals surface area contributed by atoms with E-state index in [2.05, 4.69) is 15.6 Å². The number of halogens is 2. The largest absolute Gasteiger partial charge is 0.472 e. The summed E-state index contributed by atoms with van der Waals surface area (Å²) in [7, 11) is 0. The topological polar surface area (TPSA) is 101 Å². The Morgan fingerprint density at radius 2 is 2.11 bits per heavy atom. The minimum Gasteiger partial charge on any atom is -0.472 e. The van der Waals surface area contributed by atoms with Crippen molar-refractivity contribution < 1.29 is 27.9 Å². The molecule has 2 N–H and O–H groups in total. The zero-order chi connectivity index (χ0) is 20.3. The standard InChI is InChI=1S/C18H16F2N4O4/c1-10-2-4-12(6-13(10)24-16(25)8-22-18(24)27)23-17(26)11-3-5-15(21-7-11)28-9-14(19)20/h2-7,14H,8-9H2,1H3,(H,22,27)(H,23,26). The van der Waals surface area contributed by atoms with Crippen LogP contribution >= 0.6 is 0 Å². The van der Waals surface area contributed by atoms with Gasteiger partial charge in [-0.05, 0) is 30.7 Å². The highest BCUT2D eigenvalue weighted by atomic mass is 19.3. The van der Waals surface area contributed by atoms with Gasteiger partial charge in [0, 0.05) is 18.0 Å². The molecule has 8 nitrogen and oxygen atoms in total. The number of nitrogens with zero attached hydrogens (tertiary/aromatic N) is 2. The molecule has 2 aromatic rings. The number of carbonyl (C=O) groups excluding carboxylic acids is 3. The Morgan fingerprint density at radius 1 is 1.32 bits per heavy atom. The number of imide groups is 1. The quantitative estimate of drug-likeness (QED) is 0.738. The molecule has 2 heterocycles. The molecule has 0 bridgehead atoms. The Bertz CT molecular complexity index is 902. The third-order valence-electron chi connectivity index (χ3n) is 3.91. The van der Waals surface area contributed by atoms with E-state index in [1.165, 1.54) is 24.4 Å². The molecule has 3 rings (SSSR count). The fourth-order valence-corrected chi connectivity index (χ4v) is 2.55. The Labute approximate surface area is 158 Å². The number of hydrogen-bond donors (Lipinski definition) is 2. The van der Waals surface area contributed by atoms with Gasteiger partial charge in [-0.25, -0.2) is 23.5 Å². The normalized spacial score (nSPS) is 13.6. The Morgan fingerprint density at radius 3 is 2.71 bits per heavy atom. The first kappa shape index (κ1) is 19.2. The number of alkyl halides is 2. The molecule has 0 unspecified atom stereocenters. The molecular weight excluding hydrogens is 374 g/mol. The number of aromatic nitrogens is 1. The third-order valence-corrected chi connectivity index (χ3v) is 3.91. The molecule has 1 aromatic carbocycles. The predicted molar refractivity (Wildman–Crippen MR) is 95.8 cm³/mol. The van der Waals surface area contributed by atoms with E-state index >= 15 is 0 Å². The van der Waals surface area contributed by atoms with Crippen molar-refractivity contribution in [3.63, 3.8) is 0 Å². The highest BCUT2D eigenvalue weighted by molar-refractivity contribution is 6.20. The van der Waals surface area contributed by atoms with Gasteiger partial charge in [0.2, 0.25) is 5.88 Å². The fourth-order valence-electron chi connectivity index (χ4n) is 2.55. The smallest absolute Gasteiger partial charge is 0.329 e. The second-order valence-corrected chi connectivity index (χ2v) is 5.93. The van der Waals surface area contributed by atoms with Crippen LogP contribution in [0, 0.1) is 6.92 Å². The zero-order valence-electron chi connectivity index (χ0n) is 14.7. The molecule has 0 spiro atoms. The molecule has 1 aromatic heterocycles. The van der Waals surface area contributed by atoms with E-state index in [-0.39, 0.29) is 23.9 Å². The van der Waals surface area contributed by atoms with E-state index in [0.29, 0.717) is 16.9 Å². The van der Waals surface area contributed by atoms with Gasteiger partial charge >= 0.3 is 6.03 Å². The summed E-state index contributed by atoms with van der Waals surface area (Å²) in [5.41, 5.74) is 1.61. The molecule has 1 fully saturated rings. The summed E-state index contributed by atoms with van der Waals surface area (Å²) in [5.74, 6) is -0.909. The van der Waals surface area contributed by atoms with Crippen molar-refractivity contribution in [3.8, 4) is 5.88 Å². The number of hydrogen-bond acceptors (Lipinski definition) is 5. The summed E-state index contributed by atoms with van der Waals surface area (Å²) >= 11 is 0. The van der Waals surface area contributed by atoms with Crippen LogP contribution in [0.25, 0.3) is 0 Å². The van der Waals surface area contributed by atoms with Gasteiger partial charge in [0.25, 0.3) is 18.2 Å². The van der Waals surface area contributed by atoms with E-state index in [1.54, 1.807) is 19.1 Å². The Hall–Kier alpha value is -3.56. The van der Waals surface area contributed by atoms with Crippen molar-refractivity contribution >= 4 is 29.2 Å². The maximum Gasteiger partial charge on any atom is 0.329 e. The molecule has 1 saturated heterocycles. The first-order valence-corrected chi connectivity index (χ1v) is 8.25. The Balaban J connectivity index is 1.73. The molecule has 10 heteroatoms. The molecule has 4 amide bonds. The summed E-state index contributed by atoms with van der Waals surface area (Å²) < 4.78 is 29.0. The second-order valence-electron chi connectivity index (χ2n) is 5.93. The average Bonchev–Trinajstić information content (AvgIpc) is 3.00. The molecule has 146 valence electrons. The molecular formula is C18H16F2N4O4. The van der Waals surface area contributed by atoms with Crippen LogP contribution in [0.1, 0.15) is 15.9 Å². The van der Waals surface area contributed by atoms with Gasteiger partial charge in [-0.1, -0.05) is 6.07 Å². The number of ether oxygens (including phenoxy) is 1. The van der Waals surface area contributed by atoms with E-state index in [1.807, 2.05) is 0 Å². The summed E-state index contributed by atoms with van der Waals surface area (Å²) in [6.45, 7) is 0.871. The minimum absolute atomic E-state index is 0.0203. The van der Waals surface area contributed by atoms with Gasteiger partial charge in [-0.2, -0.15) is 0 Å².